The molecule has 4 amide bonds. The maximum Gasteiger partial charge on any atom is 0.254 e. The fraction of sp³-hybridized carbons (Fsp3) is 0.310. The van der Waals surface area contributed by atoms with Crippen molar-refractivity contribution >= 4 is 74.5 Å². The first-order valence-electron chi connectivity index (χ1n) is 12.5. The second-order valence-corrected chi connectivity index (χ2v) is 12.1. The molecule has 6 atom stereocenters. The number of hydrogen-bond donors (Lipinski definition) is 1. The van der Waals surface area contributed by atoms with Gasteiger partial charge in [0.1, 0.15) is 5.75 Å². The van der Waals surface area contributed by atoms with Crippen LogP contribution < -0.4 is 4.90 Å². The van der Waals surface area contributed by atoms with Crippen molar-refractivity contribution in [2.24, 2.45) is 17.8 Å². The molecule has 0 spiro atoms. The summed E-state index contributed by atoms with van der Waals surface area (Å²) in [7, 11) is 0. The number of alkyl halides is 3. The fourth-order valence-electron chi connectivity index (χ4n) is 6.84. The SMILES string of the molecule is C=Cc1ccc(N2C(=O)C3CC=C4C(CC5(Cl)C(=O)N(CBr)C(=O)C5(Cl)C4c4ccccc4O)C3C2=O)cc1. The molecule has 2 aliphatic heterocycles. The third-order valence-corrected chi connectivity index (χ3v) is 10.6. The molecular weight excluding hydrogens is 607 g/mol. The van der Waals surface area contributed by atoms with Gasteiger partial charge in [0.15, 0.2) is 9.75 Å². The van der Waals surface area contributed by atoms with Gasteiger partial charge in [0.05, 0.1) is 23.0 Å². The number of amides is 4. The number of hydrogen-bond acceptors (Lipinski definition) is 5. The minimum atomic E-state index is -1.95. The molecule has 0 radical (unpaired) electrons. The monoisotopic (exact) mass is 628 g/mol. The molecule has 1 saturated carbocycles. The highest BCUT2D eigenvalue weighted by molar-refractivity contribution is 9.09. The van der Waals surface area contributed by atoms with Crippen molar-refractivity contribution in [3.63, 3.8) is 0 Å². The number of likely N-dealkylation sites (tertiary alicyclic amines) is 1. The van der Waals surface area contributed by atoms with Crippen molar-refractivity contribution in [3.8, 4) is 5.75 Å². The van der Waals surface area contributed by atoms with Crippen LogP contribution in [-0.2, 0) is 19.2 Å². The Hall–Kier alpha value is -2.94. The second kappa shape index (κ2) is 9.04. The molecule has 200 valence electrons. The zero-order valence-electron chi connectivity index (χ0n) is 20.5. The Morgan fingerprint density at radius 3 is 2.33 bits per heavy atom. The van der Waals surface area contributed by atoms with E-state index in [0.29, 0.717) is 16.8 Å². The van der Waals surface area contributed by atoms with Crippen LogP contribution in [0.5, 0.6) is 5.75 Å². The molecule has 4 aliphatic rings. The number of phenols is 1. The zero-order chi connectivity index (χ0) is 27.9. The Morgan fingerprint density at radius 2 is 1.69 bits per heavy atom. The van der Waals surface area contributed by atoms with E-state index < -0.39 is 45.2 Å². The smallest absolute Gasteiger partial charge is 0.254 e. The summed E-state index contributed by atoms with van der Waals surface area (Å²) in [6.07, 6.45) is 3.65. The summed E-state index contributed by atoms with van der Waals surface area (Å²) in [5, 5.41) is 10.9. The Kier molecular flexibility index (Phi) is 6.10. The van der Waals surface area contributed by atoms with Crippen LogP contribution in [0.4, 0.5) is 5.69 Å². The van der Waals surface area contributed by atoms with Crippen LogP contribution >= 0.6 is 39.1 Å². The van der Waals surface area contributed by atoms with Crippen LogP contribution in [0.15, 0.2) is 66.8 Å². The van der Waals surface area contributed by atoms with Crippen LogP contribution in [0.2, 0.25) is 0 Å². The van der Waals surface area contributed by atoms with E-state index in [1.165, 1.54) is 11.0 Å². The van der Waals surface area contributed by atoms with Gasteiger partial charge in [-0.1, -0.05) is 70.6 Å². The van der Waals surface area contributed by atoms with Gasteiger partial charge in [-0.3, -0.25) is 29.0 Å². The van der Waals surface area contributed by atoms with Crippen molar-refractivity contribution in [1.29, 1.82) is 0 Å². The van der Waals surface area contributed by atoms with E-state index in [4.69, 9.17) is 23.2 Å². The summed E-state index contributed by atoms with van der Waals surface area (Å²) in [6.45, 7) is 3.74. The first kappa shape index (κ1) is 26.3. The number of allylic oxidation sites excluding steroid dienone is 2. The molecule has 0 aromatic heterocycles. The van der Waals surface area contributed by atoms with Crippen molar-refractivity contribution < 1.29 is 24.3 Å². The molecule has 2 heterocycles. The van der Waals surface area contributed by atoms with E-state index in [-0.39, 0.29) is 35.9 Å². The second-order valence-electron chi connectivity index (χ2n) is 10.4. The van der Waals surface area contributed by atoms with Crippen LogP contribution in [-0.4, -0.2) is 48.8 Å². The minimum Gasteiger partial charge on any atom is -0.508 e. The number of halogens is 3. The predicted octanol–water partition coefficient (Wildman–Crippen LogP) is 4.95. The minimum absolute atomic E-state index is 0.106. The molecule has 6 rings (SSSR count). The average molecular weight is 630 g/mol. The van der Waals surface area contributed by atoms with Crippen molar-refractivity contribution in [1.82, 2.24) is 4.90 Å². The Balaban J connectivity index is 1.51. The van der Waals surface area contributed by atoms with E-state index in [1.807, 2.05) is 6.08 Å². The average Bonchev–Trinajstić information content (AvgIpc) is 3.27. The number of fused-ring (bicyclic) bond motifs is 4. The van der Waals surface area contributed by atoms with Crippen LogP contribution in [0, 0.1) is 17.8 Å². The number of phenolic OH excluding ortho intramolecular Hbond substituents is 1. The number of aromatic hydroxyl groups is 1. The first-order chi connectivity index (χ1) is 18.6. The van der Waals surface area contributed by atoms with E-state index in [1.54, 1.807) is 48.5 Å². The molecule has 2 aromatic rings. The highest BCUT2D eigenvalue weighted by Gasteiger charge is 2.76. The number of imide groups is 2. The number of para-hydroxylation sites is 1. The number of carbonyl (C=O) groups excluding carboxylic acids is 4. The molecule has 2 aromatic carbocycles. The Morgan fingerprint density at radius 1 is 1.00 bits per heavy atom. The van der Waals surface area contributed by atoms with Gasteiger partial charge in [-0.05, 0) is 42.5 Å². The lowest BCUT2D eigenvalue weighted by Gasteiger charge is -2.50. The number of carbonyl (C=O) groups is 4. The van der Waals surface area contributed by atoms with E-state index in [0.717, 1.165) is 10.5 Å². The molecule has 0 bridgehead atoms. The van der Waals surface area contributed by atoms with Crippen LogP contribution in [0.25, 0.3) is 6.08 Å². The third-order valence-electron chi connectivity index (χ3n) is 8.65. The van der Waals surface area contributed by atoms with Crippen molar-refractivity contribution in [2.75, 3.05) is 10.4 Å². The van der Waals surface area contributed by atoms with Crippen molar-refractivity contribution in [3.05, 3.63) is 77.9 Å². The van der Waals surface area contributed by atoms with Gasteiger partial charge in [-0.15, -0.1) is 23.2 Å². The number of anilines is 1. The number of rotatable bonds is 4. The van der Waals surface area contributed by atoms with Crippen LogP contribution in [0.3, 0.4) is 0 Å². The topological polar surface area (TPSA) is 95.0 Å². The number of nitrogens with zero attached hydrogens (tertiary/aromatic N) is 2. The summed E-state index contributed by atoms with van der Waals surface area (Å²) < 4.78 is 0. The highest BCUT2D eigenvalue weighted by atomic mass is 79.9. The Labute approximate surface area is 243 Å². The lowest BCUT2D eigenvalue weighted by molar-refractivity contribution is -0.138. The quantitative estimate of drug-likeness (QED) is 0.224. The Bertz CT molecular complexity index is 1490. The number of benzene rings is 2. The van der Waals surface area contributed by atoms with Gasteiger partial charge in [0.2, 0.25) is 11.8 Å². The lowest BCUT2D eigenvalue weighted by Crippen LogP contribution is -2.60. The maximum absolute atomic E-state index is 14.0. The molecule has 2 aliphatic carbocycles. The summed E-state index contributed by atoms with van der Waals surface area (Å²) in [5.41, 5.74) is 2.15. The van der Waals surface area contributed by atoms with Gasteiger partial charge >= 0.3 is 0 Å². The summed E-state index contributed by atoms with van der Waals surface area (Å²) in [4.78, 5) is 53.2. The molecular formula is C29H23BrCl2N2O5. The first-order valence-corrected chi connectivity index (χ1v) is 14.4. The van der Waals surface area contributed by atoms with Crippen LogP contribution in [0.1, 0.15) is 29.9 Å². The highest BCUT2D eigenvalue weighted by Crippen LogP contribution is 2.66. The van der Waals surface area contributed by atoms with E-state index in [2.05, 4.69) is 22.5 Å². The third kappa shape index (κ3) is 3.34. The molecule has 7 nitrogen and oxygen atoms in total. The standard InChI is InChI=1S/C29H23BrCl2N2O5/c1-2-15-7-9-16(10-8-15)34-24(36)19-12-11-17-20(22(19)25(34)37)13-28(31)26(38)33(14-30)27(39)29(28,32)23(17)18-5-3-4-6-21(18)35/h2-11,19-20,22-23,35H,1,12-14H2. The normalized spacial score (nSPS) is 33.6. The largest absolute Gasteiger partial charge is 0.508 e. The van der Waals surface area contributed by atoms with Gasteiger partial charge in [-0.2, -0.15) is 0 Å². The van der Waals surface area contributed by atoms with Gasteiger partial charge in [0.25, 0.3) is 11.8 Å². The molecule has 6 unspecified atom stereocenters. The summed E-state index contributed by atoms with van der Waals surface area (Å²) in [6, 6.07) is 13.4. The van der Waals surface area contributed by atoms with Gasteiger partial charge < -0.3 is 5.11 Å². The van der Waals surface area contributed by atoms with E-state index >= 15 is 0 Å². The summed E-state index contributed by atoms with van der Waals surface area (Å²) >= 11 is 17.5. The molecule has 1 N–H and O–H groups in total. The molecule has 2 saturated heterocycles. The van der Waals surface area contributed by atoms with E-state index in [9.17, 15) is 24.3 Å². The molecule has 10 heteroatoms. The fourth-order valence-corrected chi connectivity index (χ4v) is 8.26. The zero-order valence-corrected chi connectivity index (χ0v) is 23.6. The lowest BCUT2D eigenvalue weighted by atomic mass is 9.56. The molecule has 39 heavy (non-hydrogen) atoms. The maximum atomic E-state index is 14.0. The summed E-state index contributed by atoms with van der Waals surface area (Å²) in [5.74, 6) is -5.28. The van der Waals surface area contributed by atoms with Gasteiger partial charge in [-0.25, -0.2) is 0 Å². The van der Waals surface area contributed by atoms with Crippen molar-refractivity contribution in [2.45, 2.75) is 28.5 Å². The molecule has 3 fully saturated rings. The predicted molar refractivity (Wildman–Crippen MR) is 150 cm³/mol. The van der Waals surface area contributed by atoms with Gasteiger partial charge in [0, 0.05) is 11.5 Å².